The summed E-state index contributed by atoms with van der Waals surface area (Å²) >= 11 is 0. The molecule has 7 heteroatoms. The van der Waals surface area contributed by atoms with E-state index < -0.39 is 0 Å². The third-order valence-corrected chi connectivity index (χ3v) is 1.92. The molecule has 1 aliphatic heterocycles. The van der Waals surface area contributed by atoms with E-state index in [0.717, 1.165) is 5.39 Å². The Kier molecular flexibility index (Phi) is 0.996. The summed E-state index contributed by atoms with van der Waals surface area (Å²) in [5.41, 5.74) is 0.105. The molecule has 0 saturated heterocycles. The number of fused-ring (bicyclic) bond motifs is 3. The predicted octanol–water partition coefficient (Wildman–Crippen LogP) is 0.174. The minimum absolute atomic E-state index is 0.252. The summed E-state index contributed by atoms with van der Waals surface area (Å²) in [6.07, 6.45) is 1.58. The molecular weight excluding hydrogens is 172 g/mol. The van der Waals surface area contributed by atoms with E-state index in [1.165, 1.54) is 4.57 Å². The molecule has 0 spiro atoms. The number of hydrogen-bond donors (Lipinski definition) is 1. The van der Waals surface area contributed by atoms with Crippen molar-refractivity contribution in [1.82, 2.24) is 19.7 Å². The van der Waals surface area contributed by atoms with Gasteiger partial charge < -0.3 is 0 Å². The minimum atomic E-state index is -0.350. The van der Waals surface area contributed by atoms with Crippen LogP contribution in [0.25, 0.3) is 11.0 Å². The number of rotatable bonds is 0. The van der Waals surface area contributed by atoms with E-state index in [0.29, 0.717) is 11.5 Å². The first-order valence-corrected chi connectivity index (χ1v) is 3.68. The highest BCUT2D eigenvalue weighted by molar-refractivity contribution is 5.84. The first-order chi connectivity index (χ1) is 6.36. The number of aromatic amines is 1. The topological polar surface area (TPSA) is 88.3 Å². The van der Waals surface area contributed by atoms with Crippen molar-refractivity contribution in [3.63, 3.8) is 0 Å². The van der Waals surface area contributed by atoms with Crippen LogP contribution in [0, 0.1) is 0 Å². The van der Waals surface area contributed by atoms with Gasteiger partial charge in [0, 0.05) is 0 Å². The lowest BCUT2D eigenvalue weighted by Gasteiger charge is -1.96. The number of aromatic nitrogens is 4. The Morgan fingerprint density at radius 2 is 2.46 bits per heavy atom. The van der Waals surface area contributed by atoms with Crippen molar-refractivity contribution in [2.24, 2.45) is 10.2 Å². The Labute approximate surface area is 71.1 Å². The summed E-state index contributed by atoms with van der Waals surface area (Å²) in [5, 5.41) is 14.7. The molecule has 0 bridgehead atoms. The molecule has 7 nitrogen and oxygen atoms in total. The van der Waals surface area contributed by atoms with Crippen LogP contribution in [0.15, 0.2) is 21.2 Å². The van der Waals surface area contributed by atoms with Crippen molar-refractivity contribution in [2.45, 2.75) is 6.67 Å². The van der Waals surface area contributed by atoms with Crippen LogP contribution in [-0.2, 0) is 6.67 Å². The molecule has 0 atom stereocenters. The zero-order valence-corrected chi connectivity index (χ0v) is 6.43. The number of nitrogens with zero attached hydrogens (tertiary/aromatic N) is 5. The maximum Gasteiger partial charge on any atom is 0.352 e. The number of hydrogen-bond acceptors (Lipinski definition) is 5. The van der Waals surface area contributed by atoms with E-state index in [1.807, 2.05) is 0 Å². The molecule has 0 amide bonds. The van der Waals surface area contributed by atoms with E-state index in [2.05, 4.69) is 25.4 Å². The Balaban J connectivity index is 2.60. The van der Waals surface area contributed by atoms with Gasteiger partial charge in [-0.1, -0.05) is 0 Å². The fourth-order valence-corrected chi connectivity index (χ4v) is 1.32. The van der Waals surface area contributed by atoms with Crippen LogP contribution < -0.4 is 5.69 Å². The highest BCUT2D eigenvalue weighted by Gasteiger charge is 2.15. The maximum atomic E-state index is 11.3. The Hall–Kier alpha value is -2.05. The lowest BCUT2D eigenvalue weighted by atomic mass is 10.4. The largest absolute Gasteiger partial charge is 0.352 e. The summed E-state index contributed by atoms with van der Waals surface area (Å²) in [5.74, 6) is 0.531. The minimum Gasteiger partial charge on any atom is -0.261 e. The standard InChI is InChI=1S/C6H4N6O/c13-6-9-4-3(1-7-10-4)5-11-8-2-12(5)6/h1H,2H2,(H,9,10,13). The normalized spacial score (nSPS) is 13.8. The molecule has 1 N–H and O–H groups in total. The van der Waals surface area contributed by atoms with Crippen molar-refractivity contribution in [2.75, 3.05) is 0 Å². The zero-order valence-electron chi connectivity index (χ0n) is 6.43. The van der Waals surface area contributed by atoms with Gasteiger partial charge in [0.25, 0.3) is 0 Å². The third-order valence-electron chi connectivity index (χ3n) is 1.92. The van der Waals surface area contributed by atoms with E-state index in [4.69, 9.17) is 0 Å². The third kappa shape index (κ3) is 0.701. The lowest BCUT2D eigenvalue weighted by Crippen LogP contribution is -2.20. The molecule has 0 aromatic carbocycles. The molecular formula is C6H4N6O. The lowest BCUT2D eigenvalue weighted by molar-refractivity contribution is 0.724. The van der Waals surface area contributed by atoms with Gasteiger partial charge in [0.15, 0.2) is 11.5 Å². The van der Waals surface area contributed by atoms with Crippen LogP contribution >= 0.6 is 0 Å². The second-order valence-corrected chi connectivity index (χ2v) is 2.66. The average molecular weight is 176 g/mol. The molecule has 64 valence electrons. The van der Waals surface area contributed by atoms with Gasteiger partial charge >= 0.3 is 5.69 Å². The Bertz CT molecular complexity index is 564. The molecule has 0 aliphatic carbocycles. The molecule has 3 heterocycles. The van der Waals surface area contributed by atoms with Crippen LogP contribution in [0.5, 0.6) is 0 Å². The number of H-pyrrole nitrogens is 1. The Morgan fingerprint density at radius 3 is 3.38 bits per heavy atom. The van der Waals surface area contributed by atoms with Crippen LogP contribution in [0.3, 0.4) is 0 Å². The smallest absolute Gasteiger partial charge is 0.261 e. The average Bonchev–Trinajstić information content (AvgIpc) is 2.66. The van der Waals surface area contributed by atoms with Gasteiger partial charge in [-0.15, -0.1) is 5.11 Å². The van der Waals surface area contributed by atoms with Gasteiger partial charge in [0.2, 0.25) is 0 Å². The van der Waals surface area contributed by atoms with E-state index in [1.54, 1.807) is 6.20 Å². The van der Waals surface area contributed by atoms with E-state index >= 15 is 0 Å². The van der Waals surface area contributed by atoms with Crippen molar-refractivity contribution >= 4 is 16.9 Å². The summed E-state index contributed by atoms with van der Waals surface area (Å²) in [6.45, 7) is 0.252. The Morgan fingerprint density at radius 1 is 1.54 bits per heavy atom. The van der Waals surface area contributed by atoms with Gasteiger partial charge in [-0.3, -0.25) is 9.67 Å². The first kappa shape index (κ1) is 6.46. The van der Waals surface area contributed by atoms with E-state index in [9.17, 15) is 4.79 Å². The van der Waals surface area contributed by atoms with Crippen molar-refractivity contribution in [3.05, 3.63) is 16.7 Å². The highest BCUT2D eigenvalue weighted by atomic mass is 16.1. The van der Waals surface area contributed by atoms with Gasteiger partial charge in [-0.25, -0.2) is 4.79 Å². The first-order valence-electron chi connectivity index (χ1n) is 3.68. The molecule has 2 aromatic rings. The maximum absolute atomic E-state index is 11.3. The summed E-state index contributed by atoms with van der Waals surface area (Å²) in [4.78, 5) is 15.1. The van der Waals surface area contributed by atoms with Gasteiger partial charge in [0.1, 0.15) is 6.67 Å². The SMILES string of the molecule is O=c1nc2[nH]ncc2c2n1CN=N2. The van der Waals surface area contributed by atoms with Crippen molar-refractivity contribution < 1.29 is 0 Å². The van der Waals surface area contributed by atoms with Gasteiger partial charge in [0.05, 0.1) is 11.6 Å². The molecule has 0 saturated carbocycles. The molecule has 0 radical (unpaired) electrons. The van der Waals surface area contributed by atoms with Crippen LogP contribution in [-0.4, -0.2) is 19.7 Å². The predicted molar refractivity (Wildman–Crippen MR) is 42.7 cm³/mol. The van der Waals surface area contributed by atoms with Crippen molar-refractivity contribution in [1.29, 1.82) is 0 Å². The monoisotopic (exact) mass is 176 g/mol. The highest BCUT2D eigenvalue weighted by Crippen LogP contribution is 2.24. The zero-order chi connectivity index (χ0) is 8.84. The molecule has 3 rings (SSSR count). The fraction of sp³-hybridized carbons (Fsp3) is 0.167. The number of nitrogens with one attached hydrogen (secondary N) is 1. The number of azo groups is 1. The summed E-state index contributed by atoms with van der Waals surface area (Å²) in [7, 11) is 0. The quantitative estimate of drug-likeness (QED) is 0.620. The fourth-order valence-electron chi connectivity index (χ4n) is 1.32. The van der Waals surface area contributed by atoms with Gasteiger partial charge in [-0.05, 0) is 0 Å². The second kappa shape index (κ2) is 2.00. The molecule has 0 fully saturated rings. The molecule has 13 heavy (non-hydrogen) atoms. The van der Waals surface area contributed by atoms with Crippen molar-refractivity contribution in [3.8, 4) is 0 Å². The summed E-state index contributed by atoms with van der Waals surface area (Å²) < 4.78 is 1.40. The van der Waals surface area contributed by atoms with Crippen LogP contribution in [0.2, 0.25) is 0 Å². The van der Waals surface area contributed by atoms with Crippen LogP contribution in [0.4, 0.5) is 5.82 Å². The van der Waals surface area contributed by atoms with E-state index in [-0.39, 0.29) is 12.4 Å². The molecule has 1 aliphatic rings. The second-order valence-electron chi connectivity index (χ2n) is 2.66. The summed E-state index contributed by atoms with van der Waals surface area (Å²) in [6, 6.07) is 0. The molecule has 0 unspecified atom stereocenters. The molecule has 2 aromatic heterocycles. The van der Waals surface area contributed by atoms with Gasteiger partial charge in [-0.2, -0.15) is 15.2 Å². The van der Waals surface area contributed by atoms with Crippen LogP contribution in [0.1, 0.15) is 0 Å².